The molecule has 0 atom stereocenters. The van der Waals surface area contributed by atoms with Gasteiger partial charge in [0.2, 0.25) is 0 Å². The summed E-state index contributed by atoms with van der Waals surface area (Å²) in [6.07, 6.45) is 0. The van der Waals surface area contributed by atoms with Crippen LogP contribution in [0.4, 0.5) is 5.69 Å². The van der Waals surface area contributed by atoms with Crippen molar-refractivity contribution in [2.24, 2.45) is 0 Å². The topological polar surface area (TPSA) is 44.5 Å². The average Bonchev–Trinajstić information content (AvgIpc) is 2.62. The van der Waals surface area contributed by atoms with Crippen molar-refractivity contribution in [1.29, 1.82) is 0 Å². The number of hydrogen-bond donors (Lipinski definition) is 1. The summed E-state index contributed by atoms with van der Waals surface area (Å²) >= 11 is 11.9. The monoisotopic (exact) mass is 247 g/mol. The largest absolute Gasteiger partial charge is 0.396 e. The quantitative estimate of drug-likeness (QED) is 0.777. The Kier molecular flexibility index (Phi) is 2.81. The van der Waals surface area contributed by atoms with Gasteiger partial charge in [0.05, 0.1) is 28.9 Å². The van der Waals surface area contributed by atoms with Gasteiger partial charge in [-0.1, -0.05) is 23.2 Å². The Hall–Kier alpha value is -0.480. The van der Waals surface area contributed by atoms with E-state index in [0.717, 1.165) is 5.56 Å². The van der Waals surface area contributed by atoms with E-state index < -0.39 is 5.79 Å². The van der Waals surface area contributed by atoms with E-state index >= 15 is 0 Å². The van der Waals surface area contributed by atoms with Crippen LogP contribution in [0, 0.1) is 0 Å². The minimum Gasteiger partial charge on any atom is -0.396 e. The Morgan fingerprint density at radius 3 is 2.13 bits per heavy atom. The second-order valence-corrected chi connectivity index (χ2v) is 4.31. The Bertz CT molecular complexity index is 366. The van der Waals surface area contributed by atoms with Crippen LogP contribution < -0.4 is 5.73 Å². The average molecular weight is 248 g/mol. The summed E-state index contributed by atoms with van der Waals surface area (Å²) < 4.78 is 11.0. The molecule has 1 aliphatic rings. The van der Waals surface area contributed by atoms with Crippen LogP contribution in [0.25, 0.3) is 0 Å². The molecule has 0 amide bonds. The number of benzene rings is 1. The maximum absolute atomic E-state index is 5.94. The van der Waals surface area contributed by atoms with Crippen LogP contribution in [0.15, 0.2) is 12.1 Å². The highest BCUT2D eigenvalue weighted by atomic mass is 35.5. The second kappa shape index (κ2) is 3.83. The lowest BCUT2D eigenvalue weighted by Crippen LogP contribution is -2.22. The number of rotatable bonds is 1. The summed E-state index contributed by atoms with van der Waals surface area (Å²) in [5.41, 5.74) is 6.81. The van der Waals surface area contributed by atoms with Gasteiger partial charge in [-0.25, -0.2) is 0 Å². The molecule has 0 radical (unpaired) electrons. The number of halogens is 2. The highest BCUT2D eigenvalue weighted by molar-refractivity contribution is 6.38. The third-order valence-electron chi connectivity index (χ3n) is 2.44. The minimum absolute atomic E-state index is 0.378. The van der Waals surface area contributed by atoms with Crippen LogP contribution >= 0.6 is 23.2 Å². The molecular weight excluding hydrogens is 237 g/mol. The summed E-state index contributed by atoms with van der Waals surface area (Å²) in [5, 5.41) is 0.829. The van der Waals surface area contributed by atoms with E-state index in [1.807, 2.05) is 6.92 Å². The number of nitrogens with two attached hydrogens (primary N) is 1. The molecule has 1 aromatic rings. The third-order valence-corrected chi connectivity index (χ3v) is 3.07. The normalized spacial score (nSPS) is 19.4. The zero-order valence-electron chi connectivity index (χ0n) is 8.22. The van der Waals surface area contributed by atoms with Crippen molar-refractivity contribution in [2.75, 3.05) is 18.9 Å². The summed E-state index contributed by atoms with van der Waals surface area (Å²) in [6.45, 7) is 2.96. The van der Waals surface area contributed by atoms with E-state index in [1.54, 1.807) is 12.1 Å². The Balaban J connectivity index is 2.45. The molecule has 0 spiro atoms. The molecule has 82 valence electrons. The van der Waals surface area contributed by atoms with Crippen molar-refractivity contribution in [3.63, 3.8) is 0 Å². The van der Waals surface area contributed by atoms with Crippen LogP contribution in [0.2, 0.25) is 10.0 Å². The lowest BCUT2D eigenvalue weighted by Gasteiger charge is -2.23. The Morgan fingerprint density at radius 2 is 1.67 bits per heavy atom. The van der Waals surface area contributed by atoms with Crippen molar-refractivity contribution in [3.8, 4) is 0 Å². The fourth-order valence-electron chi connectivity index (χ4n) is 1.53. The molecule has 1 aliphatic heterocycles. The van der Waals surface area contributed by atoms with E-state index in [2.05, 4.69) is 0 Å². The lowest BCUT2D eigenvalue weighted by atomic mass is 10.1. The van der Waals surface area contributed by atoms with E-state index in [0.29, 0.717) is 28.9 Å². The predicted molar refractivity (Wildman–Crippen MR) is 60.1 cm³/mol. The van der Waals surface area contributed by atoms with E-state index in [-0.39, 0.29) is 0 Å². The van der Waals surface area contributed by atoms with Crippen LogP contribution in [0.1, 0.15) is 12.5 Å². The van der Waals surface area contributed by atoms with Gasteiger partial charge in [-0.3, -0.25) is 0 Å². The summed E-state index contributed by atoms with van der Waals surface area (Å²) in [5.74, 6) is -0.763. The second-order valence-electron chi connectivity index (χ2n) is 3.50. The van der Waals surface area contributed by atoms with E-state index in [1.165, 1.54) is 0 Å². The molecule has 15 heavy (non-hydrogen) atoms. The van der Waals surface area contributed by atoms with Crippen molar-refractivity contribution in [3.05, 3.63) is 27.7 Å². The minimum atomic E-state index is -0.763. The fraction of sp³-hybridized carbons (Fsp3) is 0.400. The fourth-order valence-corrected chi connectivity index (χ4v) is 2.01. The van der Waals surface area contributed by atoms with Crippen LogP contribution in [0.3, 0.4) is 0 Å². The molecule has 0 aromatic heterocycles. The highest BCUT2D eigenvalue weighted by Gasteiger charge is 2.33. The van der Waals surface area contributed by atoms with Crippen molar-refractivity contribution < 1.29 is 9.47 Å². The van der Waals surface area contributed by atoms with E-state index in [9.17, 15) is 0 Å². The van der Waals surface area contributed by atoms with Gasteiger partial charge in [0, 0.05) is 5.56 Å². The zero-order chi connectivity index (χ0) is 11.1. The van der Waals surface area contributed by atoms with Crippen LogP contribution in [0.5, 0.6) is 0 Å². The molecule has 2 rings (SSSR count). The molecule has 1 aromatic carbocycles. The van der Waals surface area contributed by atoms with Gasteiger partial charge >= 0.3 is 0 Å². The van der Waals surface area contributed by atoms with Crippen LogP contribution in [-0.2, 0) is 15.3 Å². The molecule has 0 saturated carbocycles. The first kappa shape index (κ1) is 11.0. The molecule has 1 heterocycles. The van der Waals surface area contributed by atoms with Crippen molar-refractivity contribution in [2.45, 2.75) is 12.7 Å². The molecule has 2 N–H and O–H groups in total. The molecule has 0 bridgehead atoms. The summed E-state index contributed by atoms with van der Waals surface area (Å²) in [6, 6.07) is 3.43. The summed E-state index contributed by atoms with van der Waals surface area (Å²) in [4.78, 5) is 0. The Morgan fingerprint density at radius 1 is 1.20 bits per heavy atom. The maximum atomic E-state index is 5.94. The zero-order valence-corrected chi connectivity index (χ0v) is 9.73. The summed E-state index contributed by atoms with van der Waals surface area (Å²) in [7, 11) is 0. The lowest BCUT2D eigenvalue weighted by molar-refractivity contribution is -0.149. The molecule has 0 aliphatic carbocycles. The Labute approximate surface area is 98.1 Å². The van der Waals surface area contributed by atoms with Crippen molar-refractivity contribution >= 4 is 28.9 Å². The number of nitrogen functional groups attached to an aromatic ring is 1. The molecule has 5 heteroatoms. The third kappa shape index (κ3) is 1.93. The predicted octanol–water partition coefficient (Wildman–Crippen LogP) is 2.80. The van der Waals surface area contributed by atoms with Gasteiger partial charge < -0.3 is 15.2 Å². The van der Waals surface area contributed by atoms with Gasteiger partial charge in [-0.2, -0.15) is 0 Å². The first-order valence-electron chi connectivity index (χ1n) is 4.56. The number of ether oxygens (including phenoxy) is 2. The van der Waals surface area contributed by atoms with Gasteiger partial charge in [0.15, 0.2) is 5.79 Å². The molecule has 0 unspecified atom stereocenters. The number of hydrogen-bond acceptors (Lipinski definition) is 3. The molecule has 1 saturated heterocycles. The highest BCUT2D eigenvalue weighted by Crippen LogP contribution is 2.37. The maximum Gasteiger partial charge on any atom is 0.192 e. The standard InChI is InChI=1S/C10H11Cl2NO2/c1-10(14-2-3-15-10)6-4-7(11)9(13)8(12)5-6/h4-5H,2-3,13H2,1H3. The van der Waals surface area contributed by atoms with Gasteiger partial charge in [0.1, 0.15) is 0 Å². The smallest absolute Gasteiger partial charge is 0.192 e. The molecule has 3 nitrogen and oxygen atoms in total. The van der Waals surface area contributed by atoms with Gasteiger partial charge in [-0.15, -0.1) is 0 Å². The molecule has 1 fully saturated rings. The number of anilines is 1. The first-order chi connectivity index (χ1) is 7.03. The SMILES string of the molecule is CC1(c2cc(Cl)c(N)c(Cl)c2)OCCO1. The molecular formula is C10H11Cl2NO2. The van der Waals surface area contributed by atoms with Gasteiger partial charge in [0.25, 0.3) is 0 Å². The first-order valence-corrected chi connectivity index (χ1v) is 5.31. The van der Waals surface area contributed by atoms with Crippen LogP contribution in [-0.4, -0.2) is 13.2 Å². The van der Waals surface area contributed by atoms with Crippen molar-refractivity contribution in [1.82, 2.24) is 0 Å². The van der Waals surface area contributed by atoms with Gasteiger partial charge in [-0.05, 0) is 19.1 Å². The van der Waals surface area contributed by atoms with E-state index in [4.69, 9.17) is 38.4 Å².